The molecule has 254 valence electrons. The van der Waals surface area contributed by atoms with Crippen molar-refractivity contribution in [2.24, 2.45) is 0 Å². The SMILES string of the molecule is CCc1ccc(-c2cc3c(-c4ccc(C(C)C)cc4)cccc3[cH-]2)o1.CCc1ccc(-c2cc3c(-c4ccc(C(C)C)cc4)cccc3[cH-]2)o1.[Zr+2]. The maximum atomic E-state index is 5.94. The van der Waals surface area contributed by atoms with Gasteiger partial charge in [0, 0.05) is 12.8 Å². The van der Waals surface area contributed by atoms with Crippen molar-refractivity contribution in [3.8, 4) is 44.9 Å². The molecule has 0 radical (unpaired) electrons. The van der Waals surface area contributed by atoms with Crippen LogP contribution >= 0.6 is 0 Å². The Morgan fingerprint density at radius 1 is 0.490 bits per heavy atom. The first kappa shape index (κ1) is 36.3. The second-order valence-corrected chi connectivity index (χ2v) is 13.9. The van der Waals surface area contributed by atoms with E-state index in [9.17, 15) is 0 Å². The van der Waals surface area contributed by atoms with Gasteiger partial charge in [0.1, 0.15) is 0 Å². The molecule has 8 aromatic rings. The van der Waals surface area contributed by atoms with Gasteiger partial charge in [0.2, 0.25) is 0 Å². The van der Waals surface area contributed by atoms with Crippen molar-refractivity contribution in [3.05, 3.63) is 156 Å². The number of hydrogen-bond acceptors (Lipinski definition) is 2. The predicted octanol–water partition coefficient (Wildman–Crippen LogP) is 14.3. The molecule has 0 aliphatic heterocycles. The fourth-order valence-corrected chi connectivity index (χ4v) is 6.80. The predicted molar refractivity (Wildman–Crippen MR) is 212 cm³/mol. The van der Waals surface area contributed by atoms with Crippen molar-refractivity contribution in [1.29, 1.82) is 0 Å². The largest absolute Gasteiger partial charge is 2.00 e. The monoisotopic (exact) mass is 744 g/mol. The molecule has 0 fully saturated rings. The van der Waals surface area contributed by atoms with Gasteiger partial charge in [0.15, 0.2) is 0 Å². The summed E-state index contributed by atoms with van der Waals surface area (Å²) < 4.78 is 11.9. The number of hydrogen-bond donors (Lipinski definition) is 0. The molecule has 0 unspecified atom stereocenters. The van der Waals surface area contributed by atoms with Crippen LogP contribution in [0.25, 0.3) is 66.4 Å². The minimum Gasteiger partial charge on any atom is -0.496 e. The zero-order chi connectivity index (χ0) is 34.8. The Bertz CT molecular complexity index is 2170. The van der Waals surface area contributed by atoms with Crippen LogP contribution in [0.1, 0.15) is 76.0 Å². The standard InChI is InChI=1S/2C24H23O.Zr/c2*1-4-21-12-13-24(25-21)20-14-19-6-5-7-22(23(19)15-20)18-10-8-17(9-11-18)16(2)3;/h2*5-16H,4H2,1-3H3;/q2*-1;+2. The summed E-state index contributed by atoms with van der Waals surface area (Å²) in [6, 6.07) is 48.2. The number of furan rings is 2. The van der Waals surface area contributed by atoms with Crippen LogP contribution in [0.15, 0.2) is 142 Å². The van der Waals surface area contributed by atoms with Gasteiger partial charge >= 0.3 is 26.2 Å². The van der Waals surface area contributed by atoms with E-state index in [1.165, 1.54) is 54.9 Å². The van der Waals surface area contributed by atoms with Gasteiger partial charge in [-0.15, -0.1) is 57.9 Å². The van der Waals surface area contributed by atoms with Crippen LogP contribution in [0, 0.1) is 0 Å². The molecule has 2 nitrogen and oxygen atoms in total. The molecule has 51 heavy (non-hydrogen) atoms. The summed E-state index contributed by atoms with van der Waals surface area (Å²) in [5.74, 6) is 5.09. The molecule has 0 spiro atoms. The van der Waals surface area contributed by atoms with Crippen LogP contribution in [-0.4, -0.2) is 0 Å². The fourth-order valence-electron chi connectivity index (χ4n) is 6.80. The van der Waals surface area contributed by atoms with E-state index in [1.807, 2.05) is 0 Å². The number of rotatable bonds is 8. The first-order chi connectivity index (χ1) is 24.3. The molecule has 6 aromatic carbocycles. The van der Waals surface area contributed by atoms with Crippen LogP contribution in [0.5, 0.6) is 0 Å². The van der Waals surface area contributed by atoms with E-state index < -0.39 is 0 Å². The normalized spacial score (nSPS) is 11.3. The molecule has 0 aliphatic carbocycles. The summed E-state index contributed by atoms with van der Waals surface area (Å²) in [5, 5.41) is 5.08. The molecule has 0 saturated heterocycles. The van der Waals surface area contributed by atoms with E-state index in [4.69, 9.17) is 8.83 Å². The maximum Gasteiger partial charge on any atom is 2.00 e. The fraction of sp³-hybridized carbons (Fsp3) is 0.208. The molecule has 2 aromatic heterocycles. The van der Waals surface area contributed by atoms with Crippen molar-refractivity contribution >= 4 is 21.5 Å². The summed E-state index contributed by atoms with van der Waals surface area (Å²) in [4.78, 5) is 0. The van der Waals surface area contributed by atoms with Crippen LogP contribution in [-0.2, 0) is 39.0 Å². The van der Waals surface area contributed by atoms with Gasteiger partial charge in [0.05, 0.1) is 23.0 Å². The maximum absolute atomic E-state index is 5.94. The quantitative estimate of drug-likeness (QED) is 0.145. The Morgan fingerprint density at radius 2 is 0.882 bits per heavy atom. The molecule has 2 heterocycles. The first-order valence-electron chi connectivity index (χ1n) is 18.1. The molecule has 0 saturated carbocycles. The Labute approximate surface area is 322 Å². The van der Waals surface area contributed by atoms with Crippen LogP contribution in [0.3, 0.4) is 0 Å². The van der Waals surface area contributed by atoms with Crippen LogP contribution in [0.2, 0.25) is 0 Å². The molecule has 3 heteroatoms. The van der Waals surface area contributed by atoms with Gasteiger partial charge < -0.3 is 8.83 Å². The van der Waals surface area contributed by atoms with E-state index in [1.54, 1.807) is 0 Å². The number of benzene rings is 4. The van der Waals surface area contributed by atoms with Gasteiger partial charge in [-0.2, -0.15) is 0 Å². The summed E-state index contributed by atoms with van der Waals surface area (Å²) >= 11 is 0. The van der Waals surface area contributed by atoms with Crippen molar-refractivity contribution in [3.63, 3.8) is 0 Å². The zero-order valence-electron chi connectivity index (χ0n) is 30.6. The van der Waals surface area contributed by atoms with Crippen molar-refractivity contribution < 1.29 is 35.0 Å². The van der Waals surface area contributed by atoms with Gasteiger partial charge in [-0.25, -0.2) is 0 Å². The van der Waals surface area contributed by atoms with Crippen LogP contribution in [0.4, 0.5) is 0 Å². The third-order valence-electron chi connectivity index (χ3n) is 9.87. The van der Waals surface area contributed by atoms with E-state index in [2.05, 4.69) is 175 Å². The van der Waals surface area contributed by atoms with Crippen molar-refractivity contribution in [2.75, 3.05) is 0 Å². The molecule has 8 rings (SSSR count). The van der Waals surface area contributed by atoms with E-state index in [-0.39, 0.29) is 26.2 Å². The minimum atomic E-state index is 0. The second-order valence-electron chi connectivity index (χ2n) is 13.9. The second kappa shape index (κ2) is 15.8. The van der Waals surface area contributed by atoms with Gasteiger partial charge in [0.25, 0.3) is 0 Å². The third-order valence-corrected chi connectivity index (χ3v) is 9.87. The Balaban J connectivity index is 0.000000172. The average Bonchev–Trinajstić information content (AvgIpc) is 3.97. The van der Waals surface area contributed by atoms with Crippen molar-refractivity contribution in [2.45, 2.75) is 66.2 Å². The third kappa shape index (κ3) is 7.75. The van der Waals surface area contributed by atoms with Crippen LogP contribution < -0.4 is 0 Å². The van der Waals surface area contributed by atoms with E-state index >= 15 is 0 Å². The number of aryl methyl sites for hydroxylation is 2. The Kier molecular flexibility index (Phi) is 11.3. The average molecular weight is 746 g/mol. The molecule has 0 amide bonds. The summed E-state index contributed by atoms with van der Waals surface area (Å²) in [6.45, 7) is 13.1. The molecule has 0 N–H and O–H groups in total. The Hall–Kier alpha value is -4.46. The summed E-state index contributed by atoms with van der Waals surface area (Å²) in [7, 11) is 0. The molecular weight excluding hydrogens is 700 g/mol. The smallest absolute Gasteiger partial charge is 0.496 e. The molecular formula is C48H46O2Zr. The van der Waals surface area contributed by atoms with E-state index in [0.717, 1.165) is 47.0 Å². The molecule has 0 bridgehead atoms. The van der Waals surface area contributed by atoms with Gasteiger partial charge in [-0.3, -0.25) is 0 Å². The zero-order valence-corrected chi connectivity index (χ0v) is 33.0. The van der Waals surface area contributed by atoms with Crippen molar-refractivity contribution in [1.82, 2.24) is 0 Å². The molecule has 0 atom stereocenters. The van der Waals surface area contributed by atoms with E-state index in [0.29, 0.717) is 11.8 Å². The number of fused-ring (bicyclic) bond motifs is 2. The minimum absolute atomic E-state index is 0. The topological polar surface area (TPSA) is 26.3 Å². The first-order valence-corrected chi connectivity index (χ1v) is 18.1. The summed E-state index contributed by atoms with van der Waals surface area (Å²) in [5.41, 5.74) is 10.1. The van der Waals surface area contributed by atoms with Gasteiger partial charge in [-0.05, 0) is 58.4 Å². The van der Waals surface area contributed by atoms with Gasteiger partial charge in [-0.1, -0.05) is 137 Å². The summed E-state index contributed by atoms with van der Waals surface area (Å²) in [6.07, 6.45) is 1.85. The molecule has 0 aliphatic rings. The Morgan fingerprint density at radius 3 is 1.22 bits per heavy atom.